The molecule has 0 aliphatic carbocycles. The van der Waals surface area contributed by atoms with Crippen LogP contribution in [0.2, 0.25) is 0 Å². The smallest absolute Gasteiger partial charge is 0.256 e. The summed E-state index contributed by atoms with van der Waals surface area (Å²) >= 11 is 0. The predicted molar refractivity (Wildman–Crippen MR) is 93.3 cm³/mol. The van der Waals surface area contributed by atoms with Crippen LogP contribution in [0.15, 0.2) is 48.0 Å². The normalized spacial score (nSPS) is 15.2. The van der Waals surface area contributed by atoms with Crippen molar-refractivity contribution in [2.75, 3.05) is 25.5 Å². The van der Waals surface area contributed by atoms with Gasteiger partial charge in [-0.3, -0.25) is 4.79 Å². The highest BCUT2D eigenvalue weighted by Crippen LogP contribution is 2.19. The molecule has 1 N–H and O–H groups in total. The quantitative estimate of drug-likeness (QED) is 0.938. The van der Waals surface area contributed by atoms with Crippen LogP contribution in [0.3, 0.4) is 0 Å². The Morgan fingerprint density at radius 1 is 1.21 bits per heavy atom. The molecule has 0 atom stereocenters. The molecule has 24 heavy (non-hydrogen) atoms. The lowest BCUT2D eigenvalue weighted by Crippen LogP contribution is -2.26. The number of nitrogens with zero attached hydrogens (tertiary/aromatic N) is 2. The van der Waals surface area contributed by atoms with Gasteiger partial charge in [-0.05, 0) is 44.2 Å². The zero-order valence-corrected chi connectivity index (χ0v) is 13.6. The number of hydrogen-bond acceptors (Lipinski definition) is 3. The summed E-state index contributed by atoms with van der Waals surface area (Å²) in [5.74, 6) is -0.483. The minimum absolute atomic E-state index is 0.226. The summed E-state index contributed by atoms with van der Waals surface area (Å²) in [7, 11) is 2.09. The summed E-state index contributed by atoms with van der Waals surface area (Å²) in [5.41, 5.74) is 2.31. The van der Waals surface area contributed by atoms with Crippen LogP contribution >= 0.6 is 0 Å². The van der Waals surface area contributed by atoms with Crippen molar-refractivity contribution in [3.05, 3.63) is 65.1 Å². The Morgan fingerprint density at radius 3 is 2.62 bits per heavy atom. The molecule has 1 aromatic carbocycles. The zero-order chi connectivity index (χ0) is 16.9. The van der Waals surface area contributed by atoms with Crippen molar-refractivity contribution < 1.29 is 9.18 Å². The molecule has 5 heteroatoms. The number of rotatable bonds is 3. The van der Waals surface area contributed by atoms with Crippen LogP contribution < -0.4 is 5.32 Å². The summed E-state index contributed by atoms with van der Waals surface area (Å²) in [5, 5.41) is 2.66. The molecule has 1 aliphatic rings. The van der Waals surface area contributed by atoms with Gasteiger partial charge < -0.3 is 10.2 Å². The molecule has 1 aliphatic heterocycles. The van der Waals surface area contributed by atoms with E-state index in [1.54, 1.807) is 24.3 Å². The Bertz CT molecular complexity index is 748. The molecule has 0 spiro atoms. The first-order valence-electron chi connectivity index (χ1n) is 8.02. The monoisotopic (exact) mass is 325 g/mol. The number of hydrogen-bond donors (Lipinski definition) is 1. The molecule has 4 nitrogen and oxygen atoms in total. The fraction of sp³-hybridized carbons (Fsp3) is 0.263. The molecule has 0 radical (unpaired) electrons. The van der Waals surface area contributed by atoms with Gasteiger partial charge in [-0.15, -0.1) is 0 Å². The SMILES string of the molecule is CN1CCC(=Cc2cc(F)cc(NC(=O)c3ccccc3)n2)CC1. The molecule has 1 amide bonds. The second-order valence-corrected chi connectivity index (χ2v) is 6.02. The fourth-order valence-corrected chi connectivity index (χ4v) is 2.69. The lowest BCUT2D eigenvalue weighted by molar-refractivity contribution is 0.102. The van der Waals surface area contributed by atoms with E-state index in [1.807, 2.05) is 12.1 Å². The average Bonchev–Trinajstić information content (AvgIpc) is 2.57. The highest BCUT2D eigenvalue weighted by molar-refractivity contribution is 6.03. The molecule has 1 fully saturated rings. The highest BCUT2D eigenvalue weighted by atomic mass is 19.1. The Labute approximate surface area is 141 Å². The van der Waals surface area contributed by atoms with E-state index >= 15 is 0 Å². The van der Waals surface area contributed by atoms with E-state index < -0.39 is 5.82 Å². The Balaban J connectivity index is 1.77. The van der Waals surface area contributed by atoms with Gasteiger partial charge in [0.15, 0.2) is 0 Å². The average molecular weight is 325 g/mol. The third-order valence-corrected chi connectivity index (χ3v) is 4.07. The summed E-state index contributed by atoms with van der Waals surface area (Å²) in [6.45, 7) is 2.00. The van der Waals surface area contributed by atoms with Crippen LogP contribution in [0, 0.1) is 5.82 Å². The second-order valence-electron chi connectivity index (χ2n) is 6.02. The first-order chi connectivity index (χ1) is 11.6. The third-order valence-electron chi connectivity index (χ3n) is 4.07. The van der Waals surface area contributed by atoms with E-state index in [0.717, 1.165) is 25.9 Å². The summed E-state index contributed by atoms with van der Waals surface area (Å²) in [6.07, 6.45) is 3.84. The van der Waals surface area contributed by atoms with Crippen molar-refractivity contribution in [2.45, 2.75) is 12.8 Å². The van der Waals surface area contributed by atoms with Crippen molar-refractivity contribution in [1.82, 2.24) is 9.88 Å². The van der Waals surface area contributed by atoms with E-state index in [9.17, 15) is 9.18 Å². The zero-order valence-electron chi connectivity index (χ0n) is 13.6. The number of nitrogens with one attached hydrogen (secondary N) is 1. The topological polar surface area (TPSA) is 45.2 Å². The van der Waals surface area contributed by atoms with Crippen LogP contribution in [0.25, 0.3) is 6.08 Å². The van der Waals surface area contributed by atoms with E-state index in [2.05, 4.69) is 22.2 Å². The van der Waals surface area contributed by atoms with E-state index in [4.69, 9.17) is 0 Å². The van der Waals surface area contributed by atoms with Gasteiger partial charge in [-0.1, -0.05) is 23.8 Å². The minimum atomic E-state index is -0.409. The number of likely N-dealkylation sites (tertiary alicyclic amines) is 1. The number of amides is 1. The third kappa shape index (κ3) is 4.26. The van der Waals surface area contributed by atoms with Gasteiger partial charge in [0, 0.05) is 24.7 Å². The Morgan fingerprint density at radius 2 is 1.92 bits per heavy atom. The lowest BCUT2D eigenvalue weighted by atomic mass is 10.0. The standard InChI is InChI=1S/C19H20FN3O/c1-23-9-7-14(8-10-23)11-17-12-16(20)13-18(21-17)22-19(24)15-5-3-2-4-6-15/h2-6,11-13H,7-10H2,1H3,(H,21,22,24). The van der Waals surface area contributed by atoms with Crippen LogP contribution in [0.5, 0.6) is 0 Å². The fourth-order valence-electron chi connectivity index (χ4n) is 2.69. The summed E-state index contributed by atoms with van der Waals surface area (Å²) < 4.78 is 13.9. The summed E-state index contributed by atoms with van der Waals surface area (Å²) in [6, 6.07) is 11.4. The first kappa shape index (κ1) is 16.3. The van der Waals surface area contributed by atoms with Gasteiger partial charge in [0.1, 0.15) is 11.6 Å². The van der Waals surface area contributed by atoms with Crippen molar-refractivity contribution in [1.29, 1.82) is 0 Å². The largest absolute Gasteiger partial charge is 0.306 e. The number of aromatic nitrogens is 1. The number of piperidine rings is 1. The number of benzene rings is 1. The Kier molecular flexibility index (Phi) is 5.01. The molecule has 2 heterocycles. The minimum Gasteiger partial charge on any atom is -0.306 e. The number of halogens is 1. The maximum atomic E-state index is 13.9. The number of pyridine rings is 1. The number of carbonyl (C=O) groups is 1. The van der Waals surface area contributed by atoms with E-state index in [0.29, 0.717) is 11.3 Å². The van der Waals surface area contributed by atoms with Gasteiger partial charge in [-0.25, -0.2) is 9.37 Å². The van der Waals surface area contributed by atoms with Gasteiger partial charge in [-0.2, -0.15) is 0 Å². The first-order valence-corrected chi connectivity index (χ1v) is 8.02. The van der Waals surface area contributed by atoms with Crippen molar-refractivity contribution >= 4 is 17.8 Å². The van der Waals surface area contributed by atoms with Crippen LogP contribution in [0.4, 0.5) is 10.2 Å². The molecule has 1 saturated heterocycles. The van der Waals surface area contributed by atoms with Crippen LogP contribution in [-0.4, -0.2) is 35.9 Å². The Hall–Kier alpha value is -2.53. The van der Waals surface area contributed by atoms with Gasteiger partial charge in [0.05, 0.1) is 5.69 Å². The maximum Gasteiger partial charge on any atom is 0.256 e. The van der Waals surface area contributed by atoms with Crippen LogP contribution in [0.1, 0.15) is 28.9 Å². The van der Waals surface area contributed by atoms with E-state index in [1.165, 1.54) is 17.7 Å². The molecule has 0 unspecified atom stereocenters. The van der Waals surface area contributed by atoms with Gasteiger partial charge in [0.2, 0.25) is 0 Å². The van der Waals surface area contributed by atoms with Crippen molar-refractivity contribution in [3.8, 4) is 0 Å². The second kappa shape index (κ2) is 7.36. The van der Waals surface area contributed by atoms with Crippen LogP contribution in [-0.2, 0) is 0 Å². The number of carbonyl (C=O) groups excluding carboxylic acids is 1. The molecule has 124 valence electrons. The van der Waals surface area contributed by atoms with Gasteiger partial charge >= 0.3 is 0 Å². The number of anilines is 1. The summed E-state index contributed by atoms with van der Waals surface area (Å²) in [4.78, 5) is 18.8. The highest BCUT2D eigenvalue weighted by Gasteiger charge is 2.12. The predicted octanol–water partition coefficient (Wildman–Crippen LogP) is 3.58. The molecule has 3 rings (SSSR count). The molecular formula is C19H20FN3O. The van der Waals surface area contributed by atoms with Crippen molar-refractivity contribution in [3.63, 3.8) is 0 Å². The van der Waals surface area contributed by atoms with Gasteiger partial charge in [0.25, 0.3) is 5.91 Å². The molecule has 2 aromatic rings. The van der Waals surface area contributed by atoms with E-state index in [-0.39, 0.29) is 11.7 Å². The molecular weight excluding hydrogens is 305 g/mol. The maximum absolute atomic E-state index is 13.9. The molecule has 1 aromatic heterocycles. The molecule has 0 bridgehead atoms. The van der Waals surface area contributed by atoms with Crippen molar-refractivity contribution in [2.24, 2.45) is 0 Å². The molecule has 0 saturated carbocycles. The lowest BCUT2D eigenvalue weighted by Gasteiger charge is -2.23.